The highest BCUT2D eigenvalue weighted by atomic mass is 16.6. The van der Waals surface area contributed by atoms with Gasteiger partial charge in [0, 0.05) is 28.9 Å². The molecule has 1 heterocycles. The Morgan fingerprint density at radius 2 is 1.78 bits per heavy atom. The Morgan fingerprint density at radius 3 is 2.48 bits per heavy atom. The Kier molecular flexibility index (Phi) is 9.22. The van der Waals surface area contributed by atoms with Crippen LogP contribution in [0.2, 0.25) is 0 Å². The van der Waals surface area contributed by atoms with Gasteiger partial charge in [-0.3, -0.25) is 19.7 Å². The van der Waals surface area contributed by atoms with Crippen LogP contribution in [0.15, 0.2) is 88.8 Å². The summed E-state index contributed by atoms with van der Waals surface area (Å²) in [5, 5.41) is 19.2. The van der Waals surface area contributed by atoms with Gasteiger partial charge in [-0.1, -0.05) is 43.7 Å². The molecule has 4 aromatic carbocycles. The maximum atomic E-state index is 13.9. The van der Waals surface area contributed by atoms with Gasteiger partial charge < -0.3 is 14.8 Å². The van der Waals surface area contributed by atoms with E-state index in [0.717, 1.165) is 22.4 Å². The first-order valence-electron chi connectivity index (χ1n) is 14.6. The summed E-state index contributed by atoms with van der Waals surface area (Å²) < 4.78 is 12.6. The number of methoxy groups -OCH3 is 1. The molecule has 0 atom stereocenters. The molecule has 234 valence electrons. The highest BCUT2D eigenvalue weighted by Gasteiger charge is 2.19. The van der Waals surface area contributed by atoms with Crippen molar-refractivity contribution in [2.45, 2.75) is 33.6 Å². The summed E-state index contributed by atoms with van der Waals surface area (Å²) in [6.45, 7) is 7.56. The van der Waals surface area contributed by atoms with E-state index < -0.39 is 16.4 Å². The molecule has 5 aromatic rings. The van der Waals surface area contributed by atoms with E-state index in [0.29, 0.717) is 22.2 Å². The van der Waals surface area contributed by atoms with Gasteiger partial charge in [-0.15, -0.1) is 0 Å². The Balaban J connectivity index is 1.58. The number of rotatable bonds is 10. The average molecular weight is 620 g/mol. The van der Waals surface area contributed by atoms with E-state index >= 15 is 0 Å². The maximum absolute atomic E-state index is 13.9. The molecule has 0 spiro atoms. The van der Waals surface area contributed by atoms with Crippen LogP contribution in [-0.2, 0) is 4.79 Å². The first-order chi connectivity index (χ1) is 22.0. The summed E-state index contributed by atoms with van der Waals surface area (Å²) in [7, 11) is 1.61. The zero-order chi connectivity index (χ0) is 33.0. The van der Waals surface area contributed by atoms with Crippen LogP contribution in [0.3, 0.4) is 0 Å². The number of fused-ring (bicyclic) bond motifs is 1. The lowest BCUT2D eigenvalue weighted by atomic mass is 9.96. The third-order valence-electron chi connectivity index (χ3n) is 7.40. The number of non-ortho nitro benzene ring substituents is 1. The Bertz CT molecular complexity index is 2030. The molecular weight excluding hydrogens is 586 g/mol. The molecule has 11 heteroatoms. The van der Waals surface area contributed by atoms with Gasteiger partial charge in [0.1, 0.15) is 11.5 Å². The molecule has 0 aliphatic rings. The van der Waals surface area contributed by atoms with E-state index in [9.17, 15) is 19.7 Å². The SMILES string of the molecule is COc1cc(C)c(-c2nc3ccccc3c(=O)n2N=Cc2cc([N+](=O)[O-])ccc2OCC(=O)Nc2ccc(C)cc2)cc1C(C)C. The number of ether oxygens (including phenoxy) is 2. The first kappa shape index (κ1) is 31.6. The molecule has 11 nitrogen and oxygen atoms in total. The highest BCUT2D eigenvalue weighted by molar-refractivity contribution is 5.92. The lowest BCUT2D eigenvalue weighted by molar-refractivity contribution is -0.384. The number of benzene rings is 4. The van der Waals surface area contributed by atoms with Crippen LogP contribution < -0.4 is 20.3 Å². The van der Waals surface area contributed by atoms with Gasteiger partial charge in [-0.25, -0.2) is 4.98 Å². The van der Waals surface area contributed by atoms with Crippen molar-refractivity contribution < 1.29 is 19.2 Å². The summed E-state index contributed by atoms with van der Waals surface area (Å²) in [4.78, 5) is 42.4. The number of aryl methyl sites for hydroxylation is 2. The van der Waals surface area contributed by atoms with Crippen LogP contribution in [0.4, 0.5) is 11.4 Å². The van der Waals surface area contributed by atoms with Gasteiger partial charge >= 0.3 is 0 Å². The number of para-hydroxylation sites is 1. The fourth-order valence-corrected chi connectivity index (χ4v) is 4.95. The minimum absolute atomic E-state index is 0.117. The number of carbonyl (C=O) groups is 1. The number of nitrogens with one attached hydrogen (secondary N) is 1. The van der Waals surface area contributed by atoms with E-state index in [4.69, 9.17) is 14.5 Å². The van der Waals surface area contributed by atoms with Crippen molar-refractivity contribution in [3.8, 4) is 22.9 Å². The fourth-order valence-electron chi connectivity index (χ4n) is 4.95. The van der Waals surface area contributed by atoms with Crippen LogP contribution in [0.5, 0.6) is 11.5 Å². The Hall–Kier alpha value is -5.84. The van der Waals surface area contributed by atoms with Gasteiger partial charge in [0.2, 0.25) is 0 Å². The zero-order valence-corrected chi connectivity index (χ0v) is 26.1. The van der Waals surface area contributed by atoms with E-state index in [1.54, 1.807) is 43.5 Å². The fraction of sp³-hybridized carbons (Fsp3) is 0.200. The maximum Gasteiger partial charge on any atom is 0.282 e. The zero-order valence-electron chi connectivity index (χ0n) is 26.1. The summed E-state index contributed by atoms with van der Waals surface area (Å²) >= 11 is 0. The van der Waals surface area contributed by atoms with Crippen LogP contribution in [0.25, 0.3) is 22.3 Å². The third kappa shape index (κ3) is 6.78. The number of nitro benzene ring substituents is 1. The van der Waals surface area contributed by atoms with E-state index in [1.807, 2.05) is 52.0 Å². The van der Waals surface area contributed by atoms with Crippen molar-refractivity contribution in [1.29, 1.82) is 0 Å². The smallest absolute Gasteiger partial charge is 0.282 e. The quantitative estimate of drug-likeness (QED) is 0.105. The standard InChI is InChI=1S/C35H33N5O6/c1-21(2)28-18-29(23(4)16-32(28)45-5)34-38-30-9-7-6-8-27(30)35(42)39(34)36-19-24-17-26(40(43)44)14-15-31(24)46-20-33(41)37-25-12-10-22(3)11-13-25/h6-19,21H,20H2,1-5H3,(H,37,41). The van der Waals surface area contributed by atoms with Crippen LogP contribution in [-0.4, -0.2) is 40.4 Å². The van der Waals surface area contributed by atoms with Gasteiger partial charge in [-0.05, 0) is 73.4 Å². The second-order valence-electron chi connectivity index (χ2n) is 11.1. The molecule has 1 N–H and O–H groups in total. The number of amides is 1. The summed E-state index contributed by atoms with van der Waals surface area (Å²) in [5.41, 5.74) is 4.12. The normalized spacial score (nSPS) is 11.3. The lowest BCUT2D eigenvalue weighted by Gasteiger charge is -2.17. The van der Waals surface area contributed by atoms with Crippen molar-refractivity contribution in [2.24, 2.45) is 5.10 Å². The molecule has 0 fully saturated rings. The molecule has 1 aromatic heterocycles. The number of aromatic nitrogens is 2. The number of carbonyl (C=O) groups excluding carboxylic acids is 1. The van der Waals surface area contributed by atoms with Crippen molar-refractivity contribution in [2.75, 3.05) is 19.0 Å². The molecule has 0 saturated carbocycles. The topological polar surface area (TPSA) is 138 Å². The minimum Gasteiger partial charge on any atom is -0.496 e. The minimum atomic E-state index is -0.547. The van der Waals surface area contributed by atoms with Gasteiger partial charge in [0.15, 0.2) is 12.4 Å². The monoisotopic (exact) mass is 619 g/mol. The van der Waals surface area contributed by atoms with Crippen LogP contribution in [0.1, 0.15) is 42.0 Å². The summed E-state index contributed by atoms with van der Waals surface area (Å²) in [5.74, 6) is 0.871. The summed E-state index contributed by atoms with van der Waals surface area (Å²) in [6, 6.07) is 22.0. The first-order valence-corrected chi connectivity index (χ1v) is 14.6. The number of nitro groups is 1. The second-order valence-corrected chi connectivity index (χ2v) is 11.1. The Morgan fingerprint density at radius 1 is 1.04 bits per heavy atom. The second kappa shape index (κ2) is 13.4. The van der Waals surface area contributed by atoms with Crippen LogP contribution >= 0.6 is 0 Å². The van der Waals surface area contributed by atoms with Gasteiger partial charge in [0.25, 0.3) is 17.2 Å². The molecule has 1 amide bonds. The highest BCUT2D eigenvalue weighted by Crippen LogP contribution is 2.34. The molecule has 0 unspecified atom stereocenters. The Labute approximate surface area is 265 Å². The molecular formula is C35H33N5O6. The molecule has 5 rings (SSSR count). The van der Waals surface area contributed by atoms with E-state index in [2.05, 4.69) is 10.4 Å². The number of anilines is 1. The van der Waals surface area contributed by atoms with Crippen molar-refractivity contribution in [1.82, 2.24) is 9.66 Å². The van der Waals surface area contributed by atoms with E-state index in [-0.39, 0.29) is 35.3 Å². The number of hydrogen-bond acceptors (Lipinski definition) is 8. The predicted octanol–water partition coefficient (Wildman–Crippen LogP) is 6.62. The number of hydrogen-bond donors (Lipinski definition) is 1. The molecule has 0 radical (unpaired) electrons. The van der Waals surface area contributed by atoms with E-state index in [1.165, 1.54) is 29.1 Å². The number of nitrogens with zero attached hydrogens (tertiary/aromatic N) is 4. The lowest BCUT2D eigenvalue weighted by Crippen LogP contribution is -2.21. The molecule has 0 bridgehead atoms. The molecule has 46 heavy (non-hydrogen) atoms. The largest absolute Gasteiger partial charge is 0.496 e. The van der Waals surface area contributed by atoms with Gasteiger partial charge in [0.05, 0.1) is 29.2 Å². The van der Waals surface area contributed by atoms with Crippen molar-refractivity contribution >= 4 is 34.4 Å². The van der Waals surface area contributed by atoms with Crippen molar-refractivity contribution in [3.05, 3.63) is 122 Å². The van der Waals surface area contributed by atoms with Crippen LogP contribution in [0, 0.1) is 24.0 Å². The summed E-state index contributed by atoms with van der Waals surface area (Å²) in [6.07, 6.45) is 1.30. The predicted molar refractivity (Wildman–Crippen MR) is 178 cm³/mol. The third-order valence-corrected chi connectivity index (χ3v) is 7.40. The average Bonchev–Trinajstić information content (AvgIpc) is 3.04. The molecule has 0 aliphatic heterocycles. The molecule has 0 aliphatic carbocycles. The van der Waals surface area contributed by atoms with Crippen molar-refractivity contribution in [3.63, 3.8) is 0 Å². The molecule has 0 saturated heterocycles. The van der Waals surface area contributed by atoms with Gasteiger partial charge in [-0.2, -0.15) is 9.78 Å².